The molecular formula is C19H18N6O3. The highest BCUT2D eigenvalue weighted by molar-refractivity contribution is 5.75. The Morgan fingerprint density at radius 3 is 2.71 bits per heavy atom. The number of para-hydroxylation sites is 2. The van der Waals surface area contributed by atoms with Crippen molar-refractivity contribution in [3.05, 3.63) is 75.0 Å². The maximum atomic E-state index is 12.5. The van der Waals surface area contributed by atoms with E-state index in [0.717, 1.165) is 23.4 Å². The zero-order valence-electron chi connectivity index (χ0n) is 15.2. The van der Waals surface area contributed by atoms with Crippen LogP contribution >= 0.6 is 0 Å². The maximum absolute atomic E-state index is 12.5. The second-order valence-corrected chi connectivity index (χ2v) is 6.24. The molecule has 9 nitrogen and oxygen atoms in total. The van der Waals surface area contributed by atoms with Gasteiger partial charge in [0.1, 0.15) is 11.5 Å². The summed E-state index contributed by atoms with van der Waals surface area (Å²) in [4.78, 5) is 32.1. The van der Waals surface area contributed by atoms with Crippen LogP contribution < -0.4 is 10.9 Å². The van der Waals surface area contributed by atoms with Gasteiger partial charge in [-0.25, -0.2) is 9.97 Å². The molecule has 0 radical (unpaired) electrons. The molecule has 9 heteroatoms. The summed E-state index contributed by atoms with van der Waals surface area (Å²) in [7, 11) is 0. The normalized spacial score (nSPS) is 11.2. The molecule has 0 aliphatic carbocycles. The first-order valence-electron chi connectivity index (χ1n) is 8.94. The van der Waals surface area contributed by atoms with Gasteiger partial charge < -0.3 is 9.88 Å². The molecule has 1 N–H and O–H groups in total. The lowest BCUT2D eigenvalue weighted by Crippen LogP contribution is -2.22. The van der Waals surface area contributed by atoms with E-state index < -0.39 is 16.2 Å². The summed E-state index contributed by atoms with van der Waals surface area (Å²) in [6, 6.07) is 12.9. The minimum Gasteiger partial charge on any atom is -0.364 e. The van der Waals surface area contributed by atoms with Gasteiger partial charge in [-0.05, 0) is 31.2 Å². The third-order valence-electron chi connectivity index (χ3n) is 4.58. The Balaban J connectivity index is 1.64. The predicted molar refractivity (Wildman–Crippen MR) is 106 cm³/mol. The topological polar surface area (TPSA) is 107 Å². The Labute approximate surface area is 159 Å². The Morgan fingerprint density at radius 1 is 1.14 bits per heavy atom. The largest absolute Gasteiger partial charge is 0.376 e. The SMILES string of the molecule is CCn1c(CCNc2nc3ccccn3c(=O)c2[N+](=O)[O-])nc2ccccc21. The summed E-state index contributed by atoms with van der Waals surface area (Å²) in [6.07, 6.45) is 2.00. The second kappa shape index (κ2) is 7.10. The lowest BCUT2D eigenvalue weighted by molar-refractivity contribution is -0.385. The van der Waals surface area contributed by atoms with Gasteiger partial charge in [-0.1, -0.05) is 18.2 Å². The van der Waals surface area contributed by atoms with Crippen molar-refractivity contribution in [2.24, 2.45) is 0 Å². The standard InChI is InChI=1S/C19H18N6O3/c1-2-23-14-8-4-3-7-13(14)21-16(23)10-11-20-18-17(25(27)28)19(26)24-12-6-5-9-15(24)22-18/h3-9,12,20H,2,10-11H2,1H3. The van der Waals surface area contributed by atoms with Gasteiger partial charge in [0.2, 0.25) is 5.82 Å². The Morgan fingerprint density at radius 2 is 1.93 bits per heavy atom. The van der Waals surface area contributed by atoms with E-state index >= 15 is 0 Å². The Hall–Kier alpha value is -3.75. The van der Waals surface area contributed by atoms with Crippen molar-refractivity contribution in [1.29, 1.82) is 0 Å². The quantitative estimate of drug-likeness (QED) is 0.408. The van der Waals surface area contributed by atoms with Crippen molar-refractivity contribution < 1.29 is 4.92 Å². The van der Waals surface area contributed by atoms with E-state index in [9.17, 15) is 14.9 Å². The molecule has 1 aromatic carbocycles. The third kappa shape index (κ3) is 2.96. The number of nitrogens with one attached hydrogen (secondary N) is 1. The second-order valence-electron chi connectivity index (χ2n) is 6.24. The molecular weight excluding hydrogens is 360 g/mol. The summed E-state index contributed by atoms with van der Waals surface area (Å²) in [6.45, 7) is 3.17. The van der Waals surface area contributed by atoms with Crippen LogP contribution in [0.5, 0.6) is 0 Å². The van der Waals surface area contributed by atoms with E-state index in [-0.39, 0.29) is 5.82 Å². The van der Waals surface area contributed by atoms with Gasteiger partial charge >= 0.3 is 11.2 Å². The van der Waals surface area contributed by atoms with E-state index in [1.54, 1.807) is 18.2 Å². The first kappa shape index (κ1) is 17.7. The molecule has 0 atom stereocenters. The molecule has 3 heterocycles. The number of aromatic nitrogens is 4. The number of rotatable bonds is 6. The molecule has 4 aromatic rings. The van der Waals surface area contributed by atoms with Gasteiger partial charge in [-0.2, -0.15) is 0 Å². The average molecular weight is 378 g/mol. The van der Waals surface area contributed by atoms with Crippen LogP contribution in [-0.4, -0.2) is 30.4 Å². The summed E-state index contributed by atoms with van der Waals surface area (Å²) >= 11 is 0. The summed E-state index contributed by atoms with van der Waals surface area (Å²) < 4.78 is 3.27. The smallest absolute Gasteiger partial charge is 0.364 e. The number of nitrogens with zero attached hydrogens (tertiary/aromatic N) is 5. The molecule has 0 aliphatic heterocycles. The van der Waals surface area contributed by atoms with Gasteiger partial charge in [0.05, 0.1) is 16.0 Å². The lowest BCUT2D eigenvalue weighted by atomic mass is 10.3. The van der Waals surface area contributed by atoms with Crippen LogP contribution in [0.25, 0.3) is 16.7 Å². The molecule has 0 bridgehead atoms. The third-order valence-corrected chi connectivity index (χ3v) is 4.58. The number of aryl methyl sites for hydroxylation is 1. The molecule has 28 heavy (non-hydrogen) atoms. The van der Waals surface area contributed by atoms with Gasteiger partial charge in [-0.15, -0.1) is 0 Å². The highest BCUT2D eigenvalue weighted by Crippen LogP contribution is 2.19. The Bertz CT molecular complexity index is 1240. The molecule has 142 valence electrons. The van der Waals surface area contributed by atoms with Crippen molar-refractivity contribution in [2.75, 3.05) is 11.9 Å². The van der Waals surface area contributed by atoms with Crippen LogP contribution in [0, 0.1) is 10.1 Å². The van der Waals surface area contributed by atoms with Crippen molar-refractivity contribution in [1.82, 2.24) is 18.9 Å². The number of imidazole rings is 1. The average Bonchev–Trinajstić information content (AvgIpc) is 3.05. The van der Waals surface area contributed by atoms with Gasteiger partial charge in [0.25, 0.3) is 0 Å². The number of benzene rings is 1. The monoisotopic (exact) mass is 378 g/mol. The zero-order valence-corrected chi connectivity index (χ0v) is 15.2. The molecule has 0 saturated heterocycles. The van der Waals surface area contributed by atoms with Crippen molar-refractivity contribution >= 4 is 28.2 Å². The number of anilines is 1. The molecule has 3 aromatic heterocycles. The highest BCUT2D eigenvalue weighted by atomic mass is 16.6. The van der Waals surface area contributed by atoms with E-state index in [1.165, 1.54) is 10.6 Å². The van der Waals surface area contributed by atoms with E-state index in [0.29, 0.717) is 18.6 Å². The van der Waals surface area contributed by atoms with Gasteiger partial charge in [0.15, 0.2) is 0 Å². The number of pyridine rings is 1. The fourth-order valence-corrected chi connectivity index (χ4v) is 3.33. The van der Waals surface area contributed by atoms with E-state index in [2.05, 4.69) is 19.9 Å². The molecule has 0 saturated carbocycles. The summed E-state index contributed by atoms with van der Waals surface area (Å²) in [5.41, 5.74) is 1.04. The van der Waals surface area contributed by atoms with Crippen molar-refractivity contribution in [3.63, 3.8) is 0 Å². The Kier molecular flexibility index (Phi) is 4.48. The van der Waals surface area contributed by atoms with Crippen LogP contribution in [0.4, 0.5) is 11.5 Å². The molecule has 4 rings (SSSR count). The van der Waals surface area contributed by atoms with Crippen LogP contribution in [0.1, 0.15) is 12.7 Å². The first-order chi connectivity index (χ1) is 13.6. The lowest BCUT2D eigenvalue weighted by Gasteiger charge is -2.09. The van der Waals surface area contributed by atoms with Gasteiger partial charge in [-0.3, -0.25) is 19.3 Å². The van der Waals surface area contributed by atoms with Crippen molar-refractivity contribution in [2.45, 2.75) is 19.9 Å². The fraction of sp³-hybridized carbons (Fsp3) is 0.211. The number of hydrogen-bond donors (Lipinski definition) is 1. The molecule has 0 amide bonds. The van der Waals surface area contributed by atoms with E-state index in [4.69, 9.17) is 0 Å². The first-order valence-corrected chi connectivity index (χ1v) is 8.94. The zero-order chi connectivity index (χ0) is 19.7. The number of nitro groups is 1. The predicted octanol–water partition coefficient (Wildman–Crippen LogP) is 2.63. The maximum Gasteiger partial charge on any atom is 0.376 e. The molecule has 0 aliphatic rings. The van der Waals surface area contributed by atoms with Crippen LogP contribution in [0.15, 0.2) is 53.5 Å². The van der Waals surface area contributed by atoms with Crippen LogP contribution in [0.2, 0.25) is 0 Å². The van der Waals surface area contributed by atoms with E-state index in [1.807, 2.05) is 31.2 Å². The number of fused-ring (bicyclic) bond motifs is 2. The van der Waals surface area contributed by atoms with Crippen LogP contribution in [0.3, 0.4) is 0 Å². The molecule has 0 unspecified atom stereocenters. The minimum absolute atomic E-state index is 0.0274. The summed E-state index contributed by atoms with van der Waals surface area (Å²) in [5.74, 6) is 0.844. The number of hydrogen-bond acceptors (Lipinski definition) is 6. The highest BCUT2D eigenvalue weighted by Gasteiger charge is 2.23. The molecule has 0 fully saturated rings. The fourth-order valence-electron chi connectivity index (χ4n) is 3.33. The summed E-state index contributed by atoms with van der Waals surface area (Å²) in [5, 5.41) is 14.4. The van der Waals surface area contributed by atoms with Crippen LogP contribution in [-0.2, 0) is 13.0 Å². The van der Waals surface area contributed by atoms with Crippen molar-refractivity contribution in [3.8, 4) is 0 Å². The molecule has 0 spiro atoms. The minimum atomic E-state index is -0.709. The van der Waals surface area contributed by atoms with Gasteiger partial charge in [0, 0.05) is 25.7 Å².